The summed E-state index contributed by atoms with van der Waals surface area (Å²) in [5, 5.41) is 0. The zero-order chi connectivity index (χ0) is 45.3. The highest BCUT2D eigenvalue weighted by Crippen LogP contribution is 2.49. The van der Waals surface area contributed by atoms with E-state index < -0.39 is 0 Å². The third-order valence-corrected chi connectivity index (χ3v) is 13.1. The van der Waals surface area contributed by atoms with Gasteiger partial charge in [0.2, 0.25) is 5.89 Å². The summed E-state index contributed by atoms with van der Waals surface area (Å²) in [5.74, 6) is 1.62. The van der Waals surface area contributed by atoms with E-state index >= 15 is 0 Å². The molecular weight excluding hydrogens is 753 g/mol. The number of hydrogen-bond donors (Lipinski definition) is 0. The number of fused-ring (bicyclic) bond motifs is 4. The average molecular weight is 824 g/mol. The first-order valence-corrected chi connectivity index (χ1v) is 22.8. The Morgan fingerprint density at radius 3 is 1.37 bits per heavy atom. The fourth-order valence-electron chi connectivity index (χ4n) is 9.05. The molecule has 62 heavy (non-hydrogen) atoms. The molecule has 3 heterocycles. The van der Waals surface area contributed by atoms with Gasteiger partial charge in [0.05, 0.1) is 5.69 Å². The van der Waals surface area contributed by atoms with Crippen LogP contribution in [0.2, 0.25) is 0 Å². The largest absolute Gasteiger partial charge is 0.452 e. The molecule has 2 aliphatic rings. The molecule has 4 nitrogen and oxygen atoms in total. The van der Waals surface area contributed by atoms with E-state index in [-0.39, 0.29) is 39.2 Å². The minimum atomic E-state index is -0.318. The Hall–Kier alpha value is -5.03. The number of nitrogens with zero attached hydrogens (tertiary/aromatic N) is 3. The van der Waals surface area contributed by atoms with E-state index in [9.17, 15) is 0 Å². The number of oxazole rings is 1. The van der Waals surface area contributed by atoms with Crippen LogP contribution in [0.4, 0.5) is 34.3 Å². The fraction of sp³-hybridized carbons (Fsp3) is 0.421. The first-order chi connectivity index (χ1) is 28.5. The van der Waals surface area contributed by atoms with Gasteiger partial charge >= 0.3 is 0 Å². The Morgan fingerprint density at radius 2 is 0.871 bits per heavy atom. The van der Waals surface area contributed by atoms with Gasteiger partial charge < -0.3 is 9.32 Å². The molecule has 0 saturated heterocycles. The van der Waals surface area contributed by atoms with Gasteiger partial charge in [-0.1, -0.05) is 179 Å². The third kappa shape index (κ3) is 7.62. The molecule has 0 radical (unpaired) electrons. The first-order valence-electron chi connectivity index (χ1n) is 22.8. The summed E-state index contributed by atoms with van der Waals surface area (Å²) >= 11 is 0. The summed E-state index contributed by atoms with van der Waals surface area (Å²) in [7, 11) is 0. The van der Waals surface area contributed by atoms with Crippen LogP contribution in [0.5, 0.6) is 0 Å². The van der Waals surface area contributed by atoms with Crippen LogP contribution in [0.15, 0.2) is 101 Å². The van der Waals surface area contributed by atoms with Crippen LogP contribution in [0.1, 0.15) is 158 Å². The van der Waals surface area contributed by atoms with Crippen LogP contribution in [-0.4, -0.2) is 11.7 Å². The highest BCUT2D eigenvalue weighted by molar-refractivity contribution is 6.99. The van der Waals surface area contributed by atoms with Crippen molar-refractivity contribution >= 4 is 57.6 Å². The van der Waals surface area contributed by atoms with Crippen LogP contribution in [0.25, 0.3) is 11.1 Å². The molecule has 0 bridgehead atoms. The maximum atomic E-state index is 7.25. The van der Waals surface area contributed by atoms with Gasteiger partial charge in [0, 0.05) is 33.7 Å². The molecule has 1 aromatic heterocycles. The van der Waals surface area contributed by atoms with Gasteiger partial charge in [-0.25, -0.2) is 0 Å². The maximum absolute atomic E-state index is 7.25. The zero-order valence-electron chi connectivity index (χ0n) is 41.1. The van der Waals surface area contributed by atoms with Crippen molar-refractivity contribution in [2.24, 2.45) is 0 Å². The second-order valence-corrected chi connectivity index (χ2v) is 24.4. The topological polar surface area (TPSA) is 32.5 Å². The van der Waals surface area contributed by atoms with Crippen LogP contribution in [0.3, 0.4) is 0 Å². The lowest BCUT2D eigenvalue weighted by atomic mass is 9.35. The number of benzene rings is 5. The minimum Gasteiger partial charge on any atom is -0.452 e. The van der Waals surface area contributed by atoms with E-state index in [1.165, 1.54) is 61.2 Å². The molecule has 0 aliphatic carbocycles. The van der Waals surface area contributed by atoms with E-state index in [2.05, 4.69) is 231 Å². The molecule has 0 saturated carbocycles. The summed E-state index contributed by atoms with van der Waals surface area (Å²) < 4.78 is 7.25. The molecule has 0 atom stereocenters. The lowest BCUT2D eigenvalue weighted by Gasteiger charge is -2.43. The predicted octanol–water partition coefficient (Wildman–Crippen LogP) is 14.2. The summed E-state index contributed by atoms with van der Waals surface area (Å²) in [6.07, 6.45) is 0. The molecule has 0 unspecified atom stereocenters. The van der Waals surface area contributed by atoms with Gasteiger partial charge in [-0.05, 0) is 114 Å². The van der Waals surface area contributed by atoms with E-state index in [1.54, 1.807) is 0 Å². The van der Waals surface area contributed by atoms with Gasteiger partial charge in [0.15, 0.2) is 5.82 Å². The Bertz CT molecular complexity index is 2680. The van der Waals surface area contributed by atoms with Gasteiger partial charge in [-0.3, -0.25) is 4.90 Å². The lowest BCUT2D eigenvalue weighted by Crippen LogP contribution is -2.61. The van der Waals surface area contributed by atoms with Crippen molar-refractivity contribution in [1.82, 2.24) is 4.98 Å². The second kappa shape index (κ2) is 14.2. The normalized spacial score (nSPS) is 14.5. The summed E-state index contributed by atoms with van der Waals surface area (Å²) in [6.45, 7) is 41.0. The standard InChI is InChI=1S/C57H70BN3O/c1-52(2,3)36-21-19-35(20-22-36)42-31-38(54(7,8)9)25-29-44(42)61-47-34-40(56(13,14)15)33-46-48(47)58(49-50(61)59-51(62-49)57(16,17)18)43-32-39(55(10,11)12)26-30-45(43)60(46)41-27-23-37(24-28-41)53(4,5)6/h19-34H,1-18H3. The maximum Gasteiger partial charge on any atom is 0.299 e. The number of aromatic nitrogens is 1. The van der Waals surface area contributed by atoms with Crippen LogP contribution >= 0.6 is 0 Å². The fourth-order valence-corrected chi connectivity index (χ4v) is 9.05. The Labute approximate surface area is 374 Å². The summed E-state index contributed by atoms with van der Waals surface area (Å²) in [6, 6.07) is 37.7. The van der Waals surface area contributed by atoms with Gasteiger partial charge in [0.25, 0.3) is 6.71 Å². The van der Waals surface area contributed by atoms with Crippen molar-refractivity contribution in [3.05, 3.63) is 131 Å². The molecule has 0 fully saturated rings. The van der Waals surface area contributed by atoms with Crippen molar-refractivity contribution in [1.29, 1.82) is 0 Å². The average Bonchev–Trinajstić information content (AvgIpc) is 3.62. The van der Waals surface area contributed by atoms with Gasteiger partial charge in [0.1, 0.15) is 5.66 Å². The van der Waals surface area contributed by atoms with Crippen molar-refractivity contribution in [3.63, 3.8) is 0 Å². The number of rotatable bonds is 3. The highest BCUT2D eigenvalue weighted by Gasteiger charge is 2.49. The molecular formula is C57H70BN3O. The van der Waals surface area contributed by atoms with E-state index in [0.29, 0.717) is 0 Å². The zero-order valence-corrected chi connectivity index (χ0v) is 41.1. The molecule has 5 heteroatoms. The molecule has 0 amide bonds. The van der Waals surface area contributed by atoms with Crippen molar-refractivity contribution in [2.45, 2.75) is 157 Å². The van der Waals surface area contributed by atoms with Crippen LogP contribution in [-0.2, 0) is 32.5 Å². The van der Waals surface area contributed by atoms with E-state index in [1.807, 2.05) is 0 Å². The Balaban J connectivity index is 1.51. The van der Waals surface area contributed by atoms with Crippen LogP contribution < -0.4 is 26.4 Å². The molecule has 8 rings (SSSR count). The van der Waals surface area contributed by atoms with Gasteiger partial charge in [-0.2, -0.15) is 4.98 Å². The summed E-state index contributed by atoms with van der Waals surface area (Å²) in [4.78, 5) is 10.6. The second-order valence-electron chi connectivity index (χ2n) is 24.4. The quantitative estimate of drug-likeness (QED) is 0.166. The molecule has 5 aromatic carbocycles. The lowest BCUT2D eigenvalue weighted by molar-refractivity contribution is 0.405. The molecule has 6 aromatic rings. The number of hydrogen-bond acceptors (Lipinski definition) is 4. The molecule has 322 valence electrons. The first kappa shape index (κ1) is 43.6. The monoisotopic (exact) mass is 824 g/mol. The highest BCUT2D eigenvalue weighted by atomic mass is 16.4. The van der Waals surface area contributed by atoms with Crippen molar-refractivity contribution in [2.75, 3.05) is 9.80 Å². The van der Waals surface area contributed by atoms with E-state index in [0.717, 1.165) is 34.4 Å². The van der Waals surface area contributed by atoms with Crippen LogP contribution in [0, 0.1) is 0 Å². The Morgan fingerprint density at radius 1 is 0.419 bits per heavy atom. The molecule has 2 aliphatic heterocycles. The van der Waals surface area contributed by atoms with Gasteiger partial charge in [-0.15, -0.1) is 0 Å². The SMILES string of the molecule is CC(C)(C)c1ccc(-c2cc(C(C)(C)C)ccc2N2c3cc(C(C)(C)C)cc4c3B(c3cc(C(C)(C)C)ccc3N4c3ccc(C(C)(C)C)cc3)c3oc(C(C)(C)C)nc32)cc1. The van der Waals surface area contributed by atoms with Crippen molar-refractivity contribution < 1.29 is 4.42 Å². The summed E-state index contributed by atoms with van der Waals surface area (Å²) in [5.41, 5.74) is 17.5. The Kier molecular flexibility index (Phi) is 10.0. The smallest absolute Gasteiger partial charge is 0.299 e. The van der Waals surface area contributed by atoms with E-state index in [4.69, 9.17) is 9.40 Å². The van der Waals surface area contributed by atoms with Crippen molar-refractivity contribution in [3.8, 4) is 11.1 Å². The molecule has 0 spiro atoms. The number of anilines is 6. The molecule has 0 N–H and O–H groups in total. The third-order valence-electron chi connectivity index (χ3n) is 13.1. The predicted molar refractivity (Wildman–Crippen MR) is 268 cm³/mol. The minimum absolute atomic E-state index is 0.0393.